The van der Waals surface area contributed by atoms with Crippen molar-refractivity contribution >= 4 is 17.3 Å². The molecule has 3 aromatic rings. The van der Waals surface area contributed by atoms with Gasteiger partial charge in [0.05, 0.1) is 11.3 Å². The third-order valence-electron chi connectivity index (χ3n) is 5.70. The minimum absolute atomic E-state index is 0.0894. The van der Waals surface area contributed by atoms with Crippen molar-refractivity contribution in [2.45, 2.75) is 5.92 Å². The molecule has 5 rings (SSSR count). The molecule has 1 aliphatic heterocycles. The summed E-state index contributed by atoms with van der Waals surface area (Å²) >= 11 is 0. The van der Waals surface area contributed by atoms with Gasteiger partial charge in [0, 0.05) is 36.7 Å². The van der Waals surface area contributed by atoms with E-state index in [4.69, 9.17) is 0 Å². The number of carbonyl (C=O) groups excluding carboxylic acids is 1. The lowest BCUT2D eigenvalue weighted by Crippen LogP contribution is -2.42. The summed E-state index contributed by atoms with van der Waals surface area (Å²) in [5.74, 6) is -0.346. The lowest BCUT2D eigenvalue weighted by molar-refractivity contribution is 0.103. The maximum Gasteiger partial charge on any atom is 0.332 e. The Morgan fingerprint density at radius 2 is 1.55 bits per heavy atom. The minimum atomic E-state index is -0.660. The first kappa shape index (κ1) is 17.2. The Bertz CT molecular complexity index is 1360. The minimum Gasteiger partial charge on any atom is -0.508 e. The van der Waals surface area contributed by atoms with Gasteiger partial charge in [-0.2, -0.15) is 0 Å². The maximum absolute atomic E-state index is 13.3. The van der Waals surface area contributed by atoms with Crippen LogP contribution in [-0.2, 0) is 14.1 Å². The van der Waals surface area contributed by atoms with Gasteiger partial charge in [-0.25, -0.2) is 4.79 Å². The number of anilines is 1. The molecule has 1 atom stereocenters. The van der Waals surface area contributed by atoms with Crippen molar-refractivity contribution in [2.75, 3.05) is 5.32 Å². The molecule has 2 aliphatic rings. The highest BCUT2D eigenvalue weighted by Crippen LogP contribution is 2.47. The number of benzene rings is 2. The van der Waals surface area contributed by atoms with Gasteiger partial charge in [0.15, 0.2) is 5.78 Å². The second kappa shape index (κ2) is 5.81. The van der Waals surface area contributed by atoms with Gasteiger partial charge in [0.25, 0.3) is 5.56 Å². The predicted octanol–water partition coefficient (Wildman–Crippen LogP) is 1.95. The Balaban J connectivity index is 1.89. The molecule has 2 heterocycles. The molecular formula is C22H17N3O4. The molecule has 0 saturated carbocycles. The molecule has 7 nitrogen and oxygen atoms in total. The fourth-order valence-corrected chi connectivity index (χ4v) is 4.26. The van der Waals surface area contributed by atoms with Crippen LogP contribution in [0.1, 0.15) is 33.0 Å². The van der Waals surface area contributed by atoms with Crippen molar-refractivity contribution in [3.8, 4) is 5.75 Å². The quantitative estimate of drug-likeness (QED) is 0.666. The molecule has 0 amide bonds. The lowest BCUT2D eigenvalue weighted by Gasteiger charge is -2.29. The predicted molar refractivity (Wildman–Crippen MR) is 108 cm³/mol. The highest BCUT2D eigenvalue weighted by molar-refractivity contribution is 6.23. The zero-order chi connectivity index (χ0) is 20.4. The normalized spacial score (nSPS) is 16.9. The molecule has 2 aromatic carbocycles. The molecule has 144 valence electrons. The Labute approximate surface area is 165 Å². The third kappa shape index (κ3) is 2.21. The summed E-state index contributed by atoms with van der Waals surface area (Å²) in [5.41, 5.74) is 2.50. The van der Waals surface area contributed by atoms with Crippen molar-refractivity contribution in [3.05, 3.63) is 97.2 Å². The second-order valence-electron chi connectivity index (χ2n) is 7.28. The van der Waals surface area contributed by atoms with Crippen LogP contribution < -0.4 is 16.6 Å². The molecule has 0 fully saturated rings. The number of hydrogen-bond donors (Lipinski definition) is 2. The average molecular weight is 387 g/mol. The number of rotatable bonds is 1. The van der Waals surface area contributed by atoms with Crippen molar-refractivity contribution in [3.63, 3.8) is 0 Å². The number of allylic oxidation sites excluding steroid dienone is 1. The summed E-state index contributed by atoms with van der Waals surface area (Å²) in [6.07, 6.45) is 0. The molecule has 1 aromatic heterocycles. The molecule has 0 spiro atoms. The van der Waals surface area contributed by atoms with Gasteiger partial charge in [-0.3, -0.25) is 18.7 Å². The largest absolute Gasteiger partial charge is 0.508 e. The van der Waals surface area contributed by atoms with Gasteiger partial charge in [-0.1, -0.05) is 36.4 Å². The van der Waals surface area contributed by atoms with Gasteiger partial charge in [0.1, 0.15) is 11.6 Å². The van der Waals surface area contributed by atoms with E-state index in [2.05, 4.69) is 5.32 Å². The molecule has 0 radical (unpaired) electrons. The van der Waals surface area contributed by atoms with E-state index in [9.17, 15) is 19.5 Å². The SMILES string of the molecule is Cn1c2c(c(=O)n(C)c1=O)[C@@H](c1ccc(O)cc1)C1=C(N2)c2ccccc2C1=O. The smallest absolute Gasteiger partial charge is 0.332 e. The van der Waals surface area contributed by atoms with E-state index in [0.717, 1.165) is 10.1 Å². The number of nitrogens with one attached hydrogen (secondary N) is 1. The molecular weight excluding hydrogens is 370 g/mol. The number of fused-ring (bicyclic) bond motifs is 3. The summed E-state index contributed by atoms with van der Waals surface area (Å²) in [6, 6.07) is 13.7. The van der Waals surface area contributed by atoms with Crippen molar-refractivity contribution in [1.82, 2.24) is 9.13 Å². The zero-order valence-corrected chi connectivity index (χ0v) is 15.8. The van der Waals surface area contributed by atoms with E-state index in [1.54, 1.807) is 31.3 Å². The number of phenolic OH excluding ortho intramolecular Hbond substituents is 1. The van der Waals surface area contributed by atoms with Crippen molar-refractivity contribution < 1.29 is 9.90 Å². The lowest BCUT2D eigenvalue weighted by atomic mass is 9.81. The van der Waals surface area contributed by atoms with Crippen LogP contribution in [0.25, 0.3) is 5.70 Å². The molecule has 0 saturated heterocycles. The van der Waals surface area contributed by atoms with Crippen LogP contribution >= 0.6 is 0 Å². The van der Waals surface area contributed by atoms with Gasteiger partial charge in [-0.15, -0.1) is 0 Å². The maximum atomic E-state index is 13.3. The monoisotopic (exact) mass is 387 g/mol. The number of Topliss-reactive ketones (excluding diaryl/α,β-unsaturated/α-hetero) is 1. The van der Waals surface area contributed by atoms with Crippen molar-refractivity contribution in [1.29, 1.82) is 0 Å². The standard InChI is InChI=1S/C22H17N3O4/c1-24-20-17(21(28)25(2)22(24)29)15(11-7-9-12(26)10-8-11)16-18(23-20)13-5-3-4-6-14(13)19(16)27/h3-10,15,23,26H,1-2H3/t15-/m0/s1. The van der Waals surface area contributed by atoms with Gasteiger partial charge < -0.3 is 10.4 Å². The summed E-state index contributed by atoms with van der Waals surface area (Å²) < 4.78 is 2.44. The highest BCUT2D eigenvalue weighted by atomic mass is 16.3. The summed E-state index contributed by atoms with van der Waals surface area (Å²) in [5, 5.41) is 12.9. The number of carbonyl (C=O) groups is 1. The Kier molecular flexibility index (Phi) is 3.46. The van der Waals surface area contributed by atoms with E-state index in [0.29, 0.717) is 33.8 Å². The van der Waals surface area contributed by atoms with Crippen LogP contribution in [0.2, 0.25) is 0 Å². The molecule has 1 aliphatic carbocycles. The Hall–Kier alpha value is -3.87. The first-order valence-corrected chi connectivity index (χ1v) is 9.14. The van der Waals surface area contributed by atoms with E-state index in [1.807, 2.05) is 12.1 Å². The first-order chi connectivity index (χ1) is 13.9. The fourth-order valence-electron chi connectivity index (χ4n) is 4.26. The van der Waals surface area contributed by atoms with Crippen molar-refractivity contribution in [2.24, 2.45) is 14.1 Å². The number of aromatic nitrogens is 2. The van der Waals surface area contributed by atoms with E-state index in [1.165, 1.54) is 23.7 Å². The number of nitrogens with zero attached hydrogens (tertiary/aromatic N) is 2. The molecule has 2 N–H and O–H groups in total. The summed E-state index contributed by atoms with van der Waals surface area (Å²) in [4.78, 5) is 39.0. The first-order valence-electron chi connectivity index (χ1n) is 9.14. The van der Waals surface area contributed by atoms with Gasteiger partial charge in [-0.05, 0) is 17.7 Å². The topological polar surface area (TPSA) is 93.3 Å². The number of hydrogen-bond acceptors (Lipinski definition) is 5. The Morgan fingerprint density at radius 1 is 0.897 bits per heavy atom. The molecule has 7 heteroatoms. The number of aromatic hydroxyl groups is 1. The highest BCUT2D eigenvalue weighted by Gasteiger charge is 2.42. The molecule has 0 bridgehead atoms. The average Bonchev–Trinajstić information content (AvgIpc) is 3.02. The van der Waals surface area contributed by atoms with E-state index < -0.39 is 17.2 Å². The second-order valence-corrected chi connectivity index (χ2v) is 7.28. The molecule has 29 heavy (non-hydrogen) atoms. The summed E-state index contributed by atoms with van der Waals surface area (Å²) in [7, 11) is 3.02. The van der Waals surface area contributed by atoms with Gasteiger partial charge >= 0.3 is 5.69 Å². The third-order valence-corrected chi connectivity index (χ3v) is 5.70. The van der Waals surface area contributed by atoms with Crippen LogP contribution in [-0.4, -0.2) is 20.0 Å². The number of phenols is 1. The fraction of sp³-hybridized carbons (Fsp3) is 0.136. The van der Waals surface area contributed by atoms with Gasteiger partial charge in [0.2, 0.25) is 0 Å². The van der Waals surface area contributed by atoms with Crippen LogP contribution in [0.5, 0.6) is 5.75 Å². The molecule has 0 unspecified atom stereocenters. The van der Waals surface area contributed by atoms with E-state index in [-0.39, 0.29) is 11.5 Å². The van der Waals surface area contributed by atoms with Crippen LogP contribution in [0.15, 0.2) is 63.7 Å². The van der Waals surface area contributed by atoms with E-state index >= 15 is 0 Å². The summed E-state index contributed by atoms with van der Waals surface area (Å²) in [6.45, 7) is 0. The van der Waals surface area contributed by atoms with Crippen LogP contribution in [0.3, 0.4) is 0 Å². The van der Waals surface area contributed by atoms with Crippen LogP contribution in [0.4, 0.5) is 5.82 Å². The number of ketones is 1. The van der Waals surface area contributed by atoms with Crippen LogP contribution in [0, 0.1) is 0 Å². The zero-order valence-electron chi connectivity index (χ0n) is 15.8. The Morgan fingerprint density at radius 3 is 2.24 bits per heavy atom.